The standard InChI is InChI=1S/C11H19N3O3/c1-3-8(5-12)4-10(16)14-6-9(15)13-11(17)7(14)2/h7-8H,3-6,12H2,1-2H3,(H,13,15,17). The normalized spacial score (nSPS) is 22.3. The first-order valence-electron chi connectivity index (χ1n) is 5.82. The minimum absolute atomic E-state index is 0.0489. The van der Waals surface area contributed by atoms with E-state index in [-0.39, 0.29) is 24.8 Å². The number of piperazine rings is 1. The molecule has 96 valence electrons. The summed E-state index contributed by atoms with van der Waals surface area (Å²) in [6, 6.07) is -0.588. The molecule has 0 aromatic carbocycles. The molecule has 6 nitrogen and oxygen atoms in total. The summed E-state index contributed by atoms with van der Waals surface area (Å²) >= 11 is 0. The van der Waals surface area contributed by atoms with Crippen molar-refractivity contribution >= 4 is 17.7 Å². The summed E-state index contributed by atoms with van der Waals surface area (Å²) in [4.78, 5) is 35.9. The highest BCUT2D eigenvalue weighted by atomic mass is 16.2. The number of hydrogen-bond acceptors (Lipinski definition) is 4. The van der Waals surface area contributed by atoms with Crippen LogP contribution in [0, 0.1) is 5.92 Å². The molecule has 0 spiro atoms. The number of amides is 3. The van der Waals surface area contributed by atoms with Gasteiger partial charge in [-0.1, -0.05) is 13.3 Å². The minimum Gasteiger partial charge on any atom is -0.330 e. The van der Waals surface area contributed by atoms with Crippen molar-refractivity contribution in [2.24, 2.45) is 11.7 Å². The summed E-state index contributed by atoms with van der Waals surface area (Å²) in [6.07, 6.45) is 1.10. The Bertz CT molecular complexity index is 326. The molecule has 1 heterocycles. The number of carbonyl (C=O) groups excluding carboxylic acids is 3. The van der Waals surface area contributed by atoms with Gasteiger partial charge in [-0.05, 0) is 19.4 Å². The third kappa shape index (κ3) is 3.26. The van der Waals surface area contributed by atoms with Gasteiger partial charge < -0.3 is 10.6 Å². The van der Waals surface area contributed by atoms with Crippen LogP contribution in [0.15, 0.2) is 0 Å². The van der Waals surface area contributed by atoms with E-state index in [1.54, 1.807) is 6.92 Å². The van der Waals surface area contributed by atoms with Crippen molar-refractivity contribution in [3.05, 3.63) is 0 Å². The first-order chi connectivity index (χ1) is 7.99. The van der Waals surface area contributed by atoms with Crippen LogP contribution in [0.5, 0.6) is 0 Å². The predicted octanol–water partition coefficient (Wildman–Crippen LogP) is -0.765. The Morgan fingerprint density at radius 2 is 2.24 bits per heavy atom. The lowest BCUT2D eigenvalue weighted by Gasteiger charge is -2.32. The molecule has 0 aliphatic carbocycles. The maximum absolute atomic E-state index is 12.0. The largest absolute Gasteiger partial charge is 0.330 e. The number of imide groups is 1. The van der Waals surface area contributed by atoms with E-state index in [9.17, 15) is 14.4 Å². The van der Waals surface area contributed by atoms with E-state index in [4.69, 9.17) is 5.73 Å². The van der Waals surface area contributed by atoms with E-state index in [0.29, 0.717) is 6.54 Å². The first-order valence-corrected chi connectivity index (χ1v) is 5.82. The van der Waals surface area contributed by atoms with Crippen LogP contribution in [0.25, 0.3) is 0 Å². The van der Waals surface area contributed by atoms with Gasteiger partial charge in [-0.25, -0.2) is 0 Å². The van der Waals surface area contributed by atoms with E-state index < -0.39 is 17.9 Å². The second-order valence-corrected chi connectivity index (χ2v) is 4.32. The van der Waals surface area contributed by atoms with Gasteiger partial charge in [-0.3, -0.25) is 19.7 Å². The van der Waals surface area contributed by atoms with E-state index in [1.807, 2.05) is 6.92 Å². The van der Waals surface area contributed by atoms with Crippen LogP contribution in [0.1, 0.15) is 26.7 Å². The van der Waals surface area contributed by atoms with Gasteiger partial charge in [0.2, 0.25) is 17.7 Å². The van der Waals surface area contributed by atoms with Crippen molar-refractivity contribution < 1.29 is 14.4 Å². The van der Waals surface area contributed by atoms with Crippen LogP contribution in [-0.2, 0) is 14.4 Å². The summed E-state index contributed by atoms with van der Waals surface area (Å²) < 4.78 is 0. The third-order valence-corrected chi connectivity index (χ3v) is 3.12. The molecule has 0 aromatic heterocycles. The van der Waals surface area contributed by atoms with Gasteiger partial charge >= 0.3 is 0 Å². The number of nitrogens with two attached hydrogens (primary N) is 1. The zero-order valence-corrected chi connectivity index (χ0v) is 10.2. The molecular weight excluding hydrogens is 222 g/mol. The monoisotopic (exact) mass is 241 g/mol. The van der Waals surface area contributed by atoms with Gasteiger partial charge in [-0.2, -0.15) is 0 Å². The van der Waals surface area contributed by atoms with E-state index in [1.165, 1.54) is 4.90 Å². The molecule has 0 saturated carbocycles. The van der Waals surface area contributed by atoms with Gasteiger partial charge in [0.25, 0.3) is 0 Å². The predicted molar refractivity (Wildman–Crippen MR) is 61.8 cm³/mol. The van der Waals surface area contributed by atoms with Crippen molar-refractivity contribution in [2.45, 2.75) is 32.7 Å². The number of nitrogens with zero attached hydrogens (tertiary/aromatic N) is 1. The molecule has 1 saturated heterocycles. The molecule has 2 unspecified atom stereocenters. The molecule has 0 aromatic rings. The molecule has 3 N–H and O–H groups in total. The van der Waals surface area contributed by atoms with Crippen molar-refractivity contribution in [1.82, 2.24) is 10.2 Å². The molecule has 3 amide bonds. The molecule has 2 atom stereocenters. The number of hydrogen-bond donors (Lipinski definition) is 2. The Morgan fingerprint density at radius 3 is 2.76 bits per heavy atom. The highest BCUT2D eigenvalue weighted by Gasteiger charge is 2.33. The molecule has 0 bridgehead atoms. The molecule has 1 fully saturated rings. The Hall–Kier alpha value is -1.43. The Balaban J connectivity index is 2.67. The Morgan fingerprint density at radius 1 is 1.59 bits per heavy atom. The average molecular weight is 241 g/mol. The Labute approximate surface area is 101 Å². The average Bonchev–Trinajstić information content (AvgIpc) is 2.30. The van der Waals surface area contributed by atoms with Gasteiger partial charge in [0.15, 0.2) is 0 Å². The Kier molecular flexibility index (Phi) is 4.62. The topological polar surface area (TPSA) is 92.5 Å². The van der Waals surface area contributed by atoms with Crippen LogP contribution in [0.4, 0.5) is 0 Å². The first kappa shape index (κ1) is 13.6. The van der Waals surface area contributed by atoms with Crippen LogP contribution in [0.3, 0.4) is 0 Å². The van der Waals surface area contributed by atoms with Gasteiger partial charge in [0.05, 0.1) is 0 Å². The summed E-state index contributed by atoms with van der Waals surface area (Å²) in [5.41, 5.74) is 5.53. The lowest BCUT2D eigenvalue weighted by Crippen LogP contribution is -2.58. The summed E-state index contributed by atoms with van der Waals surface area (Å²) in [7, 11) is 0. The number of carbonyl (C=O) groups is 3. The fourth-order valence-corrected chi connectivity index (χ4v) is 1.78. The molecule has 6 heteroatoms. The van der Waals surface area contributed by atoms with Crippen molar-refractivity contribution in [3.63, 3.8) is 0 Å². The van der Waals surface area contributed by atoms with Crippen LogP contribution in [-0.4, -0.2) is 41.8 Å². The highest BCUT2D eigenvalue weighted by molar-refractivity contribution is 6.04. The van der Waals surface area contributed by atoms with Crippen molar-refractivity contribution in [1.29, 1.82) is 0 Å². The molecular formula is C11H19N3O3. The number of nitrogens with one attached hydrogen (secondary N) is 1. The van der Waals surface area contributed by atoms with E-state index >= 15 is 0 Å². The zero-order chi connectivity index (χ0) is 13.0. The third-order valence-electron chi connectivity index (χ3n) is 3.12. The number of rotatable bonds is 4. The van der Waals surface area contributed by atoms with Crippen LogP contribution in [0.2, 0.25) is 0 Å². The summed E-state index contributed by atoms with van der Waals surface area (Å²) in [5.74, 6) is -0.926. The lowest BCUT2D eigenvalue weighted by molar-refractivity contribution is -0.149. The maximum atomic E-state index is 12.0. The van der Waals surface area contributed by atoms with Gasteiger partial charge in [0, 0.05) is 6.42 Å². The maximum Gasteiger partial charge on any atom is 0.249 e. The smallest absolute Gasteiger partial charge is 0.249 e. The van der Waals surface area contributed by atoms with Crippen LogP contribution >= 0.6 is 0 Å². The van der Waals surface area contributed by atoms with E-state index in [2.05, 4.69) is 5.32 Å². The highest BCUT2D eigenvalue weighted by Crippen LogP contribution is 2.13. The van der Waals surface area contributed by atoms with Crippen molar-refractivity contribution in [2.75, 3.05) is 13.1 Å². The quantitative estimate of drug-likeness (QED) is 0.632. The van der Waals surface area contributed by atoms with Gasteiger partial charge in [0.1, 0.15) is 12.6 Å². The zero-order valence-electron chi connectivity index (χ0n) is 10.2. The minimum atomic E-state index is -0.588. The van der Waals surface area contributed by atoms with E-state index in [0.717, 1.165) is 6.42 Å². The molecule has 1 rings (SSSR count). The summed E-state index contributed by atoms with van der Waals surface area (Å²) in [6.45, 7) is 3.96. The molecule has 0 radical (unpaired) electrons. The fraction of sp³-hybridized carbons (Fsp3) is 0.727. The second kappa shape index (κ2) is 5.77. The molecule has 1 aliphatic rings. The summed E-state index contributed by atoms with van der Waals surface area (Å²) in [5, 5.41) is 2.20. The van der Waals surface area contributed by atoms with Crippen LogP contribution < -0.4 is 11.1 Å². The molecule has 1 aliphatic heterocycles. The SMILES string of the molecule is CCC(CN)CC(=O)N1CC(=O)NC(=O)C1C. The molecule has 17 heavy (non-hydrogen) atoms. The second-order valence-electron chi connectivity index (χ2n) is 4.32. The lowest BCUT2D eigenvalue weighted by atomic mass is 10.0. The fourth-order valence-electron chi connectivity index (χ4n) is 1.78. The van der Waals surface area contributed by atoms with Gasteiger partial charge in [-0.15, -0.1) is 0 Å². The van der Waals surface area contributed by atoms with Crippen molar-refractivity contribution in [3.8, 4) is 0 Å².